The van der Waals surface area contributed by atoms with E-state index in [2.05, 4.69) is 20.3 Å². The first-order valence-electron chi connectivity index (χ1n) is 6.75. The third-order valence-corrected chi connectivity index (χ3v) is 3.88. The van der Waals surface area contributed by atoms with Crippen LogP contribution in [-0.4, -0.2) is 61.8 Å². The van der Waals surface area contributed by atoms with Crippen LogP contribution in [0.4, 0.5) is 16.2 Å². The van der Waals surface area contributed by atoms with Crippen LogP contribution in [0, 0.1) is 0 Å². The van der Waals surface area contributed by atoms with Gasteiger partial charge in [0.2, 0.25) is 5.95 Å². The van der Waals surface area contributed by atoms with Crippen molar-refractivity contribution in [1.29, 1.82) is 0 Å². The molecule has 2 aromatic heterocycles. The van der Waals surface area contributed by atoms with E-state index in [4.69, 9.17) is 10.5 Å². The van der Waals surface area contributed by atoms with Gasteiger partial charge < -0.3 is 26.0 Å². The molecule has 0 aromatic carbocycles. The van der Waals surface area contributed by atoms with Gasteiger partial charge in [-0.3, -0.25) is 4.57 Å². The molecule has 9 nitrogen and oxygen atoms in total. The Hall–Kier alpha value is -2.04. The maximum atomic E-state index is 13.2. The van der Waals surface area contributed by atoms with Crippen LogP contribution in [0.2, 0.25) is 0 Å². The normalized spacial score (nSPS) is 28.4. The molecule has 2 aromatic rings. The highest BCUT2D eigenvalue weighted by Gasteiger charge is 2.49. The maximum Gasteiger partial charge on any atom is 0.224 e. The number of nitrogens with two attached hydrogens (primary N) is 1. The Kier molecular flexibility index (Phi) is 3.59. The summed E-state index contributed by atoms with van der Waals surface area (Å²) in [4.78, 5) is 12.3. The van der Waals surface area contributed by atoms with Crippen LogP contribution in [0.5, 0.6) is 0 Å². The molecule has 0 saturated carbocycles. The molecular formula is C12H17FN6O3. The van der Waals surface area contributed by atoms with Gasteiger partial charge in [-0.1, -0.05) is 0 Å². The fourth-order valence-corrected chi connectivity index (χ4v) is 2.60. The highest BCUT2D eigenvalue weighted by molar-refractivity contribution is 5.84. The number of anilines is 2. The molecule has 1 aliphatic heterocycles. The molecule has 10 heteroatoms. The number of fused-ring (bicyclic) bond motifs is 1. The van der Waals surface area contributed by atoms with Gasteiger partial charge in [-0.15, -0.1) is 0 Å². The fraction of sp³-hybridized carbons (Fsp3) is 0.583. The van der Waals surface area contributed by atoms with E-state index in [1.165, 1.54) is 6.33 Å². The molecule has 22 heavy (non-hydrogen) atoms. The van der Waals surface area contributed by atoms with E-state index in [0.29, 0.717) is 17.0 Å². The van der Waals surface area contributed by atoms with Gasteiger partial charge in [0.25, 0.3) is 0 Å². The lowest BCUT2D eigenvalue weighted by Gasteiger charge is -2.26. The molecule has 0 unspecified atom stereocenters. The van der Waals surface area contributed by atoms with E-state index in [-0.39, 0.29) is 12.4 Å². The molecule has 0 aliphatic carbocycles. The summed E-state index contributed by atoms with van der Waals surface area (Å²) in [5.41, 5.74) is 4.93. The molecule has 3 rings (SSSR count). The molecule has 120 valence electrons. The van der Waals surface area contributed by atoms with Gasteiger partial charge >= 0.3 is 0 Å². The predicted molar refractivity (Wildman–Crippen MR) is 75.8 cm³/mol. The van der Waals surface area contributed by atoms with Crippen molar-refractivity contribution in [3.05, 3.63) is 6.33 Å². The van der Waals surface area contributed by atoms with Crippen LogP contribution in [0.3, 0.4) is 0 Å². The van der Waals surface area contributed by atoms with Crippen LogP contribution in [0.25, 0.3) is 11.2 Å². The first-order valence-corrected chi connectivity index (χ1v) is 6.75. The average molecular weight is 312 g/mol. The summed E-state index contributed by atoms with van der Waals surface area (Å²) in [6, 6.07) is 0. The number of ether oxygens (including phenoxy) is 1. The molecular weight excluding hydrogens is 295 g/mol. The standard InChI is InChI=1S/C12H17FN6O3/c1-15-9-8-10(18-11(14)17-9)19(5-16-8)7-2-6(21)12(3-13,4-20)22-7/h5-7,20-21H,2-4H2,1H3,(H3,14,15,17,18)/t6-,7+,12+/m0/s1. The summed E-state index contributed by atoms with van der Waals surface area (Å²) in [5, 5.41) is 22.2. The maximum absolute atomic E-state index is 13.2. The Morgan fingerprint density at radius 3 is 2.95 bits per heavy atom. The lowest BCUT2D eigenvalue weighted by Crippen LogP contribution is -2.45. The summed E-state index contributed by atoms with van der Waals surface area (Å²) in [5.74, 6) is 0.509. The van der Waals surface area contributed by atoms with Crippen molar-refractivity contribution in [2.24, 2.45) is 0 Å². The lowest BCUT2D eigenvalue weighted by molar-refractivity contribution is -0.136. The molecule has 5 N–H and O–H groups in total. The molecule has 1 aliphatic rings. The molecule has 0 amide bonds. The number of aromatic nitrogens is 4. The molecule has 3 heterocycles. The van der Waals surface area contributed by atoms with Gasteiger partial charge in [0.15, 0.2) is 17.0 Å². The Labute approximate surface area is 124 Å². The zero-order chi connectivity index (χ0) is 15.9. The van der Waals surface area contributed by atoms with Crippen molar-refractivity contribution < 1.29 is 19.3 Å². The number of imidazole rings is 1. The minimum absolute atomic E-state index is 0.0519. The van der Waals surface area contributed by atoms with Gasteiger partial charge in [0.1, 0.15) is 18.5 Å². The van der Waals surface area contributed by atoms with Crippen LogP contribution in [0.1, 0.15) is 12.6 Å². The molecule has 0 spiro atoms. The van der Waals surface area contributed by atoms with Crippen molar-refractivity contribution in [3.63, 3.8) is 0 Å². The predicted octanol–water partition coefficient (Wildman–Crippen LogP) is -0.569. The number of halogens is 1. The minimum Gasteiger partial charge on any atom is -0.393 e. The Balaban J connectivity index is 2.03. The summed E-state index contributed by atoms with van der Waals surface area (Å²) < 4.78 is 20.3. The number of nitrogen functional groups attached to an aromatic ring is 1. The number of aliphatic hydroxyl groups is 2. The molecule has 1 saturated heterocycles. The molecule has 0 bridgehead atoms. The smallest absolute Gasteiger partial charge is 0.224 e. The fourth-order valence-electron chi connectivity index (χ4n) is 2.60. The van der Waals surface area contributed by atoms with E-state index in [1.54, 1.807) is 11.6 Å². The topological polar surface area (TPSA) is 131 Å². The summed E-state index contributed by atoms with van der Waals surface area (Å²) in [6.07, 6.45) is -0.271. The van der Waals surface area contributed by atoms with Crippen molar-refractivity contribution >= 4 is 22.9 Å². The second-order valence-electron chi connectivity index (χ2n) is 5.18. The second-order valence-corrected chi connectivity index (χ2v) is 5.18. The Morgan fingerprint density at radius 2 is 2.36 bits per heavy atom. The first kappa shape index (κ1) is 14.9. The number of hydrogen-bond donors (Lipinski definition) is 4. The highest BCUT2D eigenvalue weighted by atomic mass is 19.1. The van der Waals surface area contributed by atoms with E-state index in [9.17, 15) is 14.6 Å². The van der Waals surface area contributed by atoms with Crippen molar-refractivity contribution in [3.8, 4) is 0 Å². The number of alkyl halides is 1. The van der Waals surface area contributed by atoms with Crippen molar-refractivity contribution in [2.75, 3.05) is 31.4 Å². The highest BCUT2D eigenvalue weighted by Crippen LogP contribution is 2.38. The van der Waals surface area contributed by atoms with Crippen molar-refractivity contribution in [1.82, 2.24) is 19.5 Å². The largest absolute Gasteiger partial charge is 0.393 e. The van der Waals surface area contributed by atoms with Crippen molar-refractivity contribution in [2.45, 2.75) is 24.4 Å². The number of nitrogens with one attached hydrogen (secondary N) is 1. The Bertz CT molecular complexity index is 689. The SMILES string of the molecule is CNc1nc(N)nc2c1ncn2[C@H]1C[C@H](O)[C@](CO)(CF)O1. The molecule has 1 fully saturated rings. The molecule has 0 radical (unpaired) electrons. The van der Waals surface area contributed by atoms with E-state index < -0.39 is 31.2 Å². The first-order chi connectivity index (χ1) is 10.5. The van der Waals surface area contributed by atoms with Gasteiger partial charge in [-0.05, 0) is 0 Å². The van der Waals surface area contributed by atoms with Gasteiger partial charge in [0, 0.05) is 13.5 Å². The van der Waals surface area contributed by atoms with Gasteiger partial charge in [-0.2, -0.15) is 9.97 Å². The quantitative estimate of drug-likeness (QED) is 0.590. The zero-order valence-corrected chi connectivity index (χ0v) is 11.9. The molecule has 3 atom stereocenters. The minimum atomic E-state index is -1.62. The number of hydrogen-bond acceptors (Lipinski definition) is 8. The number of nitrogens with zero attached hydrogens (tertiary/aromatic N) is 4. The Morgan fingerprint density at radius 1 is 1.59 bits per heavy atom. The van der Waals surface area contributed by atoms with E-state index in [0.717, 1.165) is 0 Å². The second kappa shape index (κ2) is 5.30. The van der Waals surface area contributed by atoms with Gasteiger partial charge in [-0.25, -0.2) is 9.37 Å². The third-order valence-electron chi connectivity index (χ3n) is 3.88. The van der Waals surface area contributed by atoms with Gasteiger partial charge in [0.05, 0.1) is 19.0 Å². The summed E-state index contributed by atoms with van der Waals surface area (Å²) in [6.45, 7) is -1.61. The zero-order valence-electron chi connectivity index (χ0n) is 11.9. The van der Waals surface area contributed by atoms with E-state index in [1.807, 2.05) is 0 Å². The van der Waals surface area contributed by atoms with Crippen LogP contribution < -0.4 is 11.1 Å². The van der Waals surface area contributed by atoms with E-state index >= 15 is 0 Å². The summed E-state index contributed by atoms with van der Waals surface area (Å²) >= 11 is 0. The monoisotopic (exact) mass is 312 g/mol. The lowest BCUT2D eigenvalue weighted by atomic mass is 10.00. The number of aliphatic hydroxyl groups excluding tert-OH is 2. The third kappa shape index (κ3) is 2.07. The number of rotatable bonds is 4. The van der Waals surface area contributed by atoms with Crippen LogP contribution in [0.15, 0.2) is 6.33 Å². The van der Waals surface area contributed by atoms with Crippen LogP contribution in [-0.2, 0) is 4.74 Å². The average Bonchev–Trinajstić information content (AvgIpc) is 3.07. The van der Waals surface area contributed by atoms with Crippen LogP contribution >= 0.6 is 0 Å². The summed E-state index contributed by atoms with van der Waals surface area (Å²) in [7, 11) is 1.68.